The number of fused-ring (bicyclic) bond motifs is 2. The lowest BCUT2D eigenvalue weighted by molar-refractivity contribution is 0.0610. The average molecular weight is 531 g/mol. The number of benzene rings is 2. The number of rotatable bonds is 10. The van der Waals surface area contributed by atoms with E-state index in [9.17, 15) is 4.79 Å². The van der Waals surface area contributed by atoms with E-state index in [0.29, 0.717) is 19.2 Å². The largest absolute Gasteiger partial charge is 0.447 e. The van der Waals surface area contributed by atoms with Crippen LogP contribution in [0.2, 0.25) is 0 Å². The van der Waals surface area contributed by atoms with Crippen molar-refractivity contribution in [1.82, 2.24) is 24.6 Å². The summed E-state index contributed by atoms with van der Waals surface area (Å²) in [6, 6.07) is 12.6. The van der Waals surface area contributed by atoms with Crippen LogP contribution in [-0.4, -0.2) is 63.7 Å². The van der Waals surface area contributed by atoms with Gasteiger partial charge in [0.05, 0.1) is 18.6 Å². The second-order valence-corrected chi connectivity index (χ2v) is 9.71. The van der Waals surface area contributed by atoms with Crippen LogP contribution in [0, 0.1) is 13.8 Å². The molecule has 0 radical (unpaired) electrons. The monoisotopic (exact) mass is 530 g/mol. The Morgan fingerprint density at radius 3 is 2.69 bits per heavy atom. The lowest BCUT2D eigenvalue weighted by Crippen LogP contribution is -2.33. The maximum Gasteiger partial charge on any atom is 0.404 e. The van der Waals surface area contributed by atoms with E-state index in [2.05, 4.69) is 74.5 Å². The number of aromatic nitrogens is 4. The van der Waals surface area contributed by atoms with Crippen molar-refractivity contribution in [3.8, 4) is 0 Å². The number of anilines is 4. The zero-order valence-electron chi connectivity index (χ0n) is 22.5. The predicted molar refractivity (Wildman–Crippen MR) is 151 cm³/mol. The van der Waals surface area contributed by atoms with Crippen LogP contribution in [0.5, 0.6) is 0 Å². The van der Waals surface area contributed by atoms with Gasteiger partial charge in [0, 0.05) is 44.3 Å². The minimum absolute atomic E-state index is 0.171. The summed E-state index contributed by atoms with van der Waals surface area (Å²) in [5, 5.41) is 12.4. The number of ether oxygens (including phenoxy) is 2. The number of nitrogens with zero attached hydrogens (tertiary/aromatic N) is 5. The van der Waals surface area contributed by atoms with Gasteiger partial charge in [0.1, 0.15) is 6.61 Å². The molecule has 0 atom stereocenters. The Balaban J connectivity index is 1.24. The maximum atomic E-state index is 10.6. The molecule has 0 spiro atoms. The number of carbonyl (C=O) groups is 1. The first-order chi connectivity index (χ1) is 18.9. The molecule has 204 valence electrons. The summed E-state index contributed by atoms with van der Waals surface area (Å²) in [5.74, 6) is 1.25. The molecular weight excluding hydrogens is 496 g/mol. The highest BCUT2D eigenvalue weighted by Gasteiger charge is 2.18. The fraction of sp³-hybridized carbons (Fsp3) is 0.357. The van der Waals surface area contributed by atoms with Crippen molar-refractivity contribution in [3.05, 3.63) is 64.8 Å². The summed E-state index contributed by atoms with van der Waals surface area (Å²) in [6.07, 6.45) is 2.01. The highest BCUT2D eigenvalue weighted by atomic mass is 16.6. The molecule has 1 aliphatic heterocycles. The quantitative estimate of drug-likeness (QED) is 0.261. The van der Waals surface area contributed by atoms with E-state index in [0.717, 1.165) is 65.4 Å². The first-order valence-corrected chi connectivity index (χ1v) is 13.0. The molecule has 4 N–H and O–H groups in total. The van der Waals surface area contributed by atoms with Crippen LogP contribution in [0.1, 0.15) is 22.3 Å². The van der Waals surface area contributed by atoms with E-state index in [1.807, 2.05) is 19.3 Å². The van der Waals surface area contributed by atoms with Crippen LogP contribution in [0.4, 0.5) is 27.9 Å². The highest BCUT2D eigenvalue weighted by molar-refractivity contribution is 5.90. The van der Waals surface area contributed by atoms with Gasteiger partial charge in [-0.2, -0.15) is 10.1 Å². The summed E-state index contributed by atoms with van der Waals surface area (Å²) in [4.78, 5) is 22.3. The van der Waals surface area contributed by atoms with Crippen molar-refractivity contribution < 1.29 is 14.3 Å². The van der Waals surface area contributed by atoms with Crippen molar-refractivity contribution >= 4 is 40.3 Å². The lowest BCUT2D eigenvalue weighted by atomic mass is 9.99. The molecule has 0 saturated heterocycles. The average Bonchev–Trinajstić information content (AvgIpc) is 3.22. The van der Waals surface area contributed by atoms with Gasteiger partial charge in [-0.25, -0.2) is 14.5 Å². The van der Waals surface area contributed by atoms with Crippen LogP contribution in [0.3, 0.4) is 0 Å². The molecule has 0 aliphatic carbocycles. The Labute approximate surface area is 227 Å². The topological polar surface area (TPSA) is 132 Å². The van der Waals surface area contributed by atoms with Gasteiger partial charge < -0.3 is 25.8 Å². The number of nitrogens with one attached hydrogen (secondary N) is 2. The van der Waals surface area contributed by atoms with E-state index < -0.39 is 6.09 Å². The number of hydrogen-bond acceptors (Lipinski definition) is 9. The van der Waals surface area contributed by atoms with Crippen molar-refractivity contribution in [3.63, 3.8) is 0 Å². The number of para-hydroxylation sites is 1. The van der Waals surface area contributed by atoms with Gasteiger partial charge in [0.25, 0.3) is 0 Å². The third-order valence-electron chi connectivity index (χ3n) is 6.88. The number of carbonyl (C=O) groups excluding carboxylic acids is 1. The van der Waals surface area contributed by atoms with Gasteiger partial charge >= 0.3 is 6.09 Å². The van der Waals surface area contributed by atoms with Gasteiger partial charge in [-0.3, -0.25) is 4.90 Å². The van der Waals surface area contributed by atoms with Crippen LogP contribution < -0.4 is 16.4 Å². The van der Waals surface area contributed by atoms with E-state index in [4.69, 9.17) is 15.5 Å². The molecule has 5 rings (SSSR count). The number of hydrogen-bond donors (Lipinski definition) is 3. The van der Waals surface area contributed by atoms with Gasteiger partial charge in [-0.15, -0.1) is 0 Å². The molecule has 0 saturated carbocycles. The van der Waals surface area contributed by atoms with Crippen LogP contribution in [0.15, 0.2) is 42.6 Å². The second kappa shape index (κ2) is 11.7. The summed E-state index contributed by atoms with van der Waals surface area (Å²) in [7, 11) is 1.89. The molecule has 0 bridgehead atoms. The Kier molecular flexibility index (Phi) is 7.89. The Bertz CT molecular complexity index is 1470. The maximum absolute atomic E-state index is 10.6. The molecule has 3 heterocycles. The first kappa shape index (κ1) is 26.4. The molecule has 2 aromatic heterocycles. The number of nitrogens with two attached hydrogens (primary N) is 1. The first-order valence-electron chi connectivity index (χ1n) is 13.0. The van der Waals surface area contributed by atoms with E-state index >= 15 is 0 Å². The summed E-state index contributed by atoms with van der Waals surface area (Å²) < 4.78 is 12.0. The third kappa shape index (κ3) is 6.27. The van der Waals surface area contributed by atoms with E-state index in [1.165, 1.54) is 11.1 Å². The molecule has 0 unspecified atom stereocenters. The molecule has 1 amide bonds. The van der Waals surface area contributed by atoms with Crippen LogP contribution in [-0.2, 0) is 29.5 Å². The third-order valence-corrected chi connectivity index (χ3v) is 6.88. The lowest BCUT2D eigenvalue weighted by Gasteiger charge is -2.29. The van der Waals surface area contributed by atoms with Crippen molar-refractivity contribution in [2.24, 2.45) is 12.8 Å². The number of aryl methyl sites for hydroxylation is 3. The van der Waals surface area contributed by atoms with Crippen LogP contribution in [0.25, 0.3) is 11.0 Å². The summed E-state index contributed by atoms with van der Waals surface area (Å²) in [6.45, 7) is 7.83. The SMILES string of the molecule is Cc1cccc(C)c1Nc1nn(C)c2nc(Nc3ccc4c(c3)CN(CCOCCOC(N)=O)CC4)ncc12. The molecule has 39 heavy (non-hydrogen) atoms. The fourth-order valence-corrected chi connectivity index (χ4v) is 4.83. The minimum Gasteiger partial charge on any atom is -0.447 e. The molecule has 1 aliphatic rings. The zero-order valence-corrected chi connectivity index (χ0v) is 22.5. The van der Waals surface area contributed by atoms with Crippen LogP contribution >= 0.6 is 0 Å². The molecular formula is C28H34N8O3. The van der Waals surface area contributed by atoms with Gasteiger partial charge in [0.2, 0.25) is 5.95 Å². The summed E-state index contributed by atoms with van der Waals surface area (Å²) >= 11 is 0. The highest BCUT2D eigenvalue weighted by Crippen LogP contribution is 2.29. The van der Waals surface area contributed by atoms with Crippen molar-refractivity contribution in [2.45, 2.75) is 26.8 Å². The molecule has 11 heteroatoms. The second-order valence-electron chi connectivity index (χ2n) is 9.71. The Morgan fingerprint density at radius 2 is 1.90 bits per heavy atom. The minimum atomic E-state index is -0.781. The smallest absolute Gasteiger partial charge is 0.404 e. The van der Waals surface area contributed by atoms with Crippen molar-refractivity contribution in [2.75, 3.05) is 43.5 Å². The van der Waals surface area contributed by atoms with Gasteiger partial charge in [0.15, 0.2) is 11.5 Å². The molecule has 4 aromatic rings. The van der Waals surface area contributed by atoms with E-state index in [-0.39, 0.29) is 6.61 Å². The zero-order chi connectivity index (χ0) is 27.4. The normalized spacial score (nSPS) is 13.3. The molecule has 2 aromatic carbocycles. The molecule has 0 fully saturated rings. The Morgan fingerprint density at radius 1 is 1.08 bits per heavy atom. The van der Waals surface area contributed by atoms with Crippen molar-refractivity contribution in [1.29, 1.82) is 0 Å². The molecule has 11 nitrogen and oxygen atoms in total. The summed E-state index contributed by atoms with van der Waals surface area (Å²) in [5.41, 5.74) is 12.6. The standard InChI is InChI=1S/C28H34N8O3/c1-18-5-4-6-19(2)24(18)32-25-23-16-30-28(33-26(23)35(3)34-25)31-22-8-7-20-9-10-36(17-21(20)15-22)11-12-38-13-14-39-27(29)37/h4-8,15-16H,9-14,17H2,1-3H3,(H2,29,37)(H,32,34)(H,30,31,33). The van der Waals surface area contributed by atoms with Gasteiger partial charge in [-0.1, -0.05) is 24.3 Å². The fourth-order valence-electron chi connectivity index (χ4n) is 4.83. The number of primary amides is 1. The van der Waals surface area contributed by atoms with Gasteiger partial charge in [-0.05, 0) is 54.7 Å². The predicted octanol–water partition coefficient (Wildman–Crippen LogP) is 3.94. The number of amides is 1. The Hall–Kier alpha value is -4.22. The van der Waals surface area contributed by atoms with E-state index in [1.54, 1.807) is 4.68 Å².